The summed E-state index contributed by atoms with van der Waals surface area (Å²) in [7, 11) is 0. The number of fused-ring (bicyclic) bond motifs is 6. The van der Waals surface area contributed by atoms with E-state index >= 15 is 0 Å². The molecule has 8 heteroatoms. The van der Waals surface area contributed by atoms with Crippen molar-refractivity contribution < 1.29 is 9.53 Å². The lowest BCUT2D eigenvalue weighted by Gasteiger charge is -2.50. The number of amides is 1. The maximum Gasteiger partial charge on any atom is 0.254 e. The molecular weight excluding hydrogens is 494 g/mol. The van der Waals surface area contributed by atoms with Crippen LogP contribution >= 0.6 is 11.9 Å². The van der Waals surface area contributed by atoms with Gasteiger partial charge in [-0.05, 0) is 73.4 Å². The van der Waals surface area contributed by atoms with E-state index in [0.717, 1.165) is 40.4 Å². The molecule has 0 spiro atoms. The van der Waals surface area contributed by atoms with Gasteiger partial charge in [-0.3, -0.25) is 14.4 Å². The van der Waals surface area contributed by atoms with Gasteiger partial charge in [0.2, 0.25) is 11.8 Å². The smallest absolute Gasteiger partial charge is 0.254 e. The SMILES string of the molecule is Cc1cccc(C)c1-c1cc2nc(n1)NSc1cccc(c1)C(=O)N1CCN(C3CCC3(C)C)C[C@H](C1)O2. The summed E-state index contributed by atoms with van der Waals surface area (Å²) in [5.41, 5.74) is 5.20. The van der Waals surface area contributed by atoms with Gasteiger partial charge in [-0.15, -0.1) is 0 Å². The number of aryl methyl sites for hydroxylation is 2. The third-order valence-electron chi connectivity index (χ3n) is 8.28. The summed E-state index contributed by atoms with van der Waals surface area (Å²) in [5, 5.41) is 0. The first-order valence-corrected chi connectivity index (χ1v) is 14.3. The molecule has 1 unspecified atom stereocenters. The fraction of sp³-hybridized carbons (Fsp3) is 0.433. The Hall–Kier alpha value is -3.10. The molecule has 198 valence electrons. The maximum absolute atomic E-state index is 13.7. The predicted octanol–water partition coefficient (Wildman–Crippen LogP) is 5.59. The van der Waals surface area contributed by atoms with Gasteiger partial charge in [0.05, 0.1) is 12.2 Å². The van der Waals surface area contributed by atoms with Gasteiger partial charge in [0.25, 0.3) is 5.91 Å². The number of rotatable bonds is 2. The Balaban J connectivity index is 1.42. The summed E-state index contributed by atoms with van der Waals surface area (Å²) in [5.74, 6) is 1.06. The lowest BCUT2D eigenvalue weighted by molar-refractivity contribution is -0.0115. The normalized spacial score (nSPS) is 23.1. The second-order valence-electron chi connectivity index (χ2n) is 11.4. The largest absolute Gasteiger partial charge is 0.471 e. The lowest BCUT2D eigenvalue weighted by Crippen LogP contribution is -2.54. The minimum atomic E-state index is -0.206. The van der Waals surface area contributed by atoms with Gasteiger partial charge in [0.1, 0.15) is 6.10 Å². The van der Waals surface area contributed by atoms with Crippen molar-refractivity contribution in [1.29, 1.82) is 0 Å². The van der Waals surface area contributed by atoms with Crippen LogP contribution in [0.3, 0.4) is 0 Å². The van der Waals surface area contributed by atoms with Gasteiger partial charge in [0.15, 0.2) is 0 Å². The highest BCUT2D eigenvalue weighted by Crippen LogP contribution is 2.44. The molecular formula is C30H35N5O2S. The van der Waals surface area contributed by atoms with Crippen LogP contribution in [-0.4, -0.2) is 64.0 Å². The van der Waals surface area contributed by atoms with Crippen LogP contribution in [0.4, 0.5) is 5.95 Å². The van der Waals surface area contributed by atoms with Crippen LogP contribution in [0.2, 0.25) is 0 Å². The fourth-order valence-electron chi connectivity index (χ4n) is 6.09. The average Bonchev–Trinajstić information content (AvgIpc) is 3.08. The molecule has 1 N–H and O–H groups in total. The summed E-state index contributed by atoms with van der Waals surface area (Å²) in [6.45, 7) is 11.7. The minimum absolute atomic E-state index is 0.0454. The summed E-state index contributed by atoms with van der Waals surface area (Å²) in [6.07, 6.45) is 2.21. The molecule has 6 rings (SSSR count). The Bertz CT molecular complexity index is 1360. The van der Waals surface area contributed by atoms with Crippen molar-refractivity contribution in [3.63, 3.8) is 0 Å². The standard InChI is InChI=1S/C30H35N5O2S/c1-19-7-5-8-20(2)27(19)24-16-26-32-29(31-24)33-38-23-10-6-9-21(15-23)28(36)35-14-13-34(17-22(18-35)37-26)25-11-12-30(25,3)4/h5-10,15-16,22,25H,11-14,17-18H2,1-4H3,(H,31,32,33)/t22-,25?/m1/s1. The topological polar surface area (TPSA) is 70.6 Å². The van der Waals surface area contributed by atoms with Crippen LogP contribution in [0.1, 0.15) is 48.2 Å². The van der Waals surface area contributed by atoms with E-state index in [9.17, 15) is 4.79 Å². The van der Waals surface area contributed by atoms with E-state index in [2.05, 4.69) is 55.5 Å². The number of hydrogen-bond donors (Lipinski definition) is 1. The molecule has 1 amide bonds. The van der Waals surface area contributed by atoms with Gasteiger partial charge in [-0.25, -0.2) is 4.98 Å². The molecule has 6 bridgehead atoms. The van der Waals surface area contributed by atoms with E-state index in [1.807, 2.05) is 35.2 Å². The Morgan fingerprint density at radius 3 is 2.55 bits per heavy atom. The van der Waals surface area contributed by atoms with E-state index < -0.39 is 0 Å². The van der Waals surface area contributed by atoms with Crippen molar-refractivity contribution in [2.75, 3.05) is 30.9 Å². The van der Waals surface area contributed by atoms with Crippen molar-refractivity contribution in [1.82, 2.24) is 19.8 Å². The van der Waals surface area contributed by atoms with Crippen LogP contribution in [0, 0.1) is 19.3 Å². The molecule has 3 heterocycles. The van der Waals surface area contributed by atoms with Gasteiger partial charge in [-0.2, -0.15) is 4.98 Å². The zero-order chi connectivity index (χ0) is 26.4. The molecule has 1 saturated heterocycles. The number of ether oxygens (including phenoxy) is 1. The van der Waals surface area contributed by atoms with Crippen molar-refractivity contribution in [3.8, 4) is 17.1 Å². The Morgan fingerprint density at radius 1 is 1.03 bits per heavy atom. The molecule has 2 aromatic carbocycles. The highest BCUT2D eigenvalue weighted by molar-refractivity contribution is 8.00. The Morgan fingerprint density at radius 2 is 1.82 bits per heavy atom. The number of carbonyl (C=O) groups excluding carboxylic acids is 1. The monoisotopic (exact) mass is 529 g/mol. The van der Waals surface area contributed by atoms with Gasteiger partial charge in [0, 0.05) is 47.8 Å². The van der Waals surface area contributed by atoms with Crippen molar-refractivity contribution in [2.24, 2.45) is 5.41 Å². The summed E-state index contributed by atoms with van der Waals surface area (Å²) in [4.78, 5) is 28.7. The van der Waals surface area contributed by atoms with E-state index in [4.69, 9.17) is 14.7 Å². The summed E-state index contributed by atoms with van der Waals surface area (Å²) >= 11 is 1.40. The molecule has 3 aromatic rings. The average molecular weight is 530 g/mol. The van der Waals surface area contributed by atoms with Gasteiger partial charge < -0.3 is 9.64 Å². The van der Waals surface area contributed by atoms with E-state index in [-0.39, 0.29) is 17.4 Å². The van der Waals surface area contributed by atoms with Crippen LogP contribution in [0.5, 0.6) is 5.88 Å². The van der Waals surface area contributed by atoms with Crippen molar-refractivity contribution >= 4 is 23.8 Å². The van der Waals surface area contributed by atoms with Crippen LogP contribution in [0.25, 0.3) is 11.3 Å². The summed E-state index contributed by atoms with van der Waals surface area (Å²) < 4.78 is 9.95. The number of nitrogens with one attached hydrogen (secondary N) is 1. The number of aromatic nitrogens is 2. The number of nitrogens with zero attached hydrogens (tertiary/aromatic N) is 4. The first-order valence-electron chi connectivity index (χ1n) is 13.5. The predicted molar refractivity (Wildman–Crippen MR) is 152 cm³/mol. The van der Waals surface area contributed by atoms with Crippen LogP contribution < -0.4 is 9.46 Å². The van der Waals surface area contributed by atoms with E-state index in [1.165, 1.54) is 24.8 Å². The second kappa shape index (κ2) is 9.89. The highest BCUT2D eigenvalue weighted by atomic mass is 32.2. The van der Waals surface area contributed by atoms with E-state index in [0.29, 0.717) is 36.5 Å². The zero-order valence-corrected chi connectivity index (χ0v) is 23.3. The molecule has 2 fully saturated rings. The Kier molecular flexibility index (Phi) is 6.56. The molecule has 0 radical (unpaired) electrons. The molecule has 1 aliphatic carbocycles. The number of carbonyl (C=O) groups is 1. The Labute approximate surface area is 229 Å². The molecule has 2 aliphatic heterocycles. The molecule has 38 heavy (non-hydrogen) atoms. The molecule has 3 aliphatic rings. The summed E-state index contributed by atoms with van der Waals surface area (Å²) in [6, 6.07) is 16.5. The van der Waals surface area contributed by atoms with Crippen LogP contribution in [0.15, 0.2) is 53.4 Å². The van der Waals surface area contributed by atoms with E-state index in [1.54, 1.807) is 0 Å². The third-order valence-corrected chi connectivity index (χ3v) is 9.05. The molecule has 2 atom stereocenters. The molecule has 1 saturated carbocycles. The highest BCUT2D eigenvalue weighted by Gasteiger charge is 2.44. The second-order valence-corrected chi connectivity index (χ2v) is 12.3. The molecule has 7 nitrogen and oxygen atoms in total. The van der Waals surface area contributed by atoms with Crippen molar-refractivity contribution in [3.05, 3.63) is 65.2 Å². The lowest BCUT2D eigenvalue weighted by atomic mass is 9.66. The number of hydrogen-bond acceptors (Lipinski definition) is 7. The van der Waals surface area contributed by atoms with Gasteiger partial charge >= 0.3 is 0 Å². The van der Waals surface area contributed by atoms with Gasteiger partial charge in [-0.1, -0.05) is 38.1 Å². The fourth-order valence-corrected chi connectivity index (χ4v) is 6.73. The van der Waals surface area contributed by atoms with Crippen molar-refractivity contribution in [2.45, 2.75) is 57.6 Å². The maximum atomic E-state index is 13.7. The third kappa shape index (κ3) is 4.87. The first-order chi connectivity index (χ1) is 18.3. The molecule has 1 aromatic heterocycles. The zero-order valence-electron chi connectivity index (χ0n) is 22.5. The number of benzene rings is 2. The first kappa shape index (κ1) is 25.2. The number of anilines is 1. The quantitative estimate of drug-likeness (QED) is 0.434. The minimum Gasteiger partial charge on any atom is -0.471 e. The van der Waals surface area contributed by atoms with Crippen LogP contribution in [-0.2, 0) is 0 Å².